The fourth-order valence-electron chi connectivity index (χ4n) is 4.86. The second-order valence-electron chi connectivity index (χ2n) is 10.9. The number of rotatable bonds is 17. The number of nitrogens with two attached hydrogens (primary N) is 1. The summed E-state index contributed by atoms with van der Waals surface area (Å²) < 4.78 is 32.5. The van der Waals surface area contributed by atoms with Crippen molar-refractivity contribution in [1.82, 2.24) is 10.6 Å². The van der Waals surface area contributed by atoms with E-state index in [4.69, 9.17) is 15.6 Å². The lowest BCUT2D eigenvalue weighted by molar-refractivity contribution is -0.138. The van der Waals surface area contributed by atoms with E-state index in [2.05, 4.69) is 10.6 Å². The number of hydrogen-bond acceptors (Lipinski definition) is 8. The first kappa shape index (κ1) is 35.3. The Hall–Kier alpha value is -4.53. The lowest BCUT2D eigenvalue weighted by Gasteiger charge is -2.47. The average Bonchev–Trinajstić information content (AvgIpc) is 3.06. The number of thioether (sulfide) groups is 1. The van der Waals surface area contributed by atoms with Gasteiger partial charge in [-0.1, -0.05) is 24.3 Å². The van der Waals surface area contributed by atoms with E-state index in [1.165, 1.54) is 60.3 Å². The highest BCUT2D eigenvalue weighted by molar-refractivity contribution is 8.00. The van der Waals surface area contributed by atoms with Crippen LogP contribution in [-0.4, -0.2) is 70.6 Å². The third-order valence-corrected chi connectivity index (χ3v) is 8.78. The van der Waals surface area contributed by atoms with Crippen molar-refractivity contribution in [2.45, 2.75) is 42.7 Å². The molecule has 3 aromatic rings. The first-order valence-electron chi connectivity index (χ1n) is 14.9. The molecule has 0 saturated carbocycles. The summed E-state index contributed by atoms with van der Waals surface area (Å²) in [7, 11) is 0. The summed E-state index contributed by atoms with van der Waals surface area (Å²) in [5, 5.41) is 24.0. The highest BCUT2D eigenvalue weighted by atomic mass is 32.2. The second-order valence-corrected chi connectivity index (χ2v) is 12.1. The molecule has 1 aliphatic rings. The Kier molecular flexibility index (Phi) is 12.7. The summed E-state index contributed by atoms with van der Waals surface area (Å²) >= 11 is 1.27. The number of anilines is 1. The molecule has 47 heavy (non-hydrogen) atoms. The summed E-state index contributed by atoms with van der Waals surface area (Å²) in [5.41, 5.74) is 7.23. The number of β-lactam (4-membered cyclic amide) rings is 1. The van der Waals surface area contributed by atoms with Crippen LogP contribution in [0.3, 0.4) is 0 Å². The number of benzene rings is 3. The fraction of sp³-hybridized carbons (Fsp3) is 0.333. The second kappa shape index (κ2) is 16.9. The summed E-state index contributed by atoms with van der Waals surface area (Å²) in [6.07, 6.45) is 0.465. The van der Waals surface area contributed by atoms with Gasteiger partial charge in [0.15, 0.2) is 6.61 Å². The first-order chi connectivity index (χ1) is 22.5. The van der Waals surface area contributed by atoms with Gasteiger partial charge in [-0.15, -0.1) is 11.8 Å². The molecule has 4 rings (SSSR count). The molecule has 3 aromatic carbocycles. The van der Waals surface area contributed by atoms with Crippen LogP contribution < -0.4 is 26.0 Å². The van der Waals surface area contributed by atoms with Crippen molar-refractivity contribution in [2.24, 2.45) is 5.73 Å². The number of halogens is 2. The van der Waals surface area contributed by atoms with E-state index < -0.39 is 52.9 Å². The Bertz CT molecular complexity index is 1530. The number of aliphatic hydroxyl groups excluding tert-OH is 1. The van der Waals surface area contributed by atoms with Gasteiger partial charge in [-0.3, -0.25) is 19.2 Å². The van der Waals surface area contributed by atoms with Crippen molar-refractivity contribution < 1.29 is 42.9 Å². The molecule has 6 N–H and O–H groups in total. The van der Waals surface area contributed by atoms with Crippen molar-refractivity contribution in [1.29, 1.82) is 0 Å². The molecule has 1 aliphatic heterocycles. The van der Waals surface area contributed by atoms with Crippen molar-refractivity contribution in [3.63, 3.8) is 0 Å². The van der Waals surface area contributed by atoms with Crippen LogP contribution in [0.4, 0.5) is 14.5 Å². The smallest absolute Gasteiger partial charge is 0.320 e. The number of amides is 3. The SMILES string of the molecule is N[C@H](CCCCNC(=O)CNC(=O)COc1ccc([C@@H]2[C@@H](SC[C@@H](O)c3ccc(F)cc3)C(=O)N2c2ccc(F)cc2)cc1)C(=O)O. The predicted molar refractivity (Wildman–Crippen MR) is 172 cm³/mol. The summed E-state index contributed by atoms with van der Waals surface area (Å²) in [6.45, 7) is -0.272. The Balaban J connectivity index is 1.29. The lowest BCUT2D eigenvalue weighted by atomic mass is 9.92. The number of aliphatic hydroxyl groups is 1. The van der Waals surface area contributed by atoms with Crippen molar-refractivity contribution >= 4 is 41.1 Å². The third-order valence-electron chi connectivity index (χ3n) is 7.46. The maximum atomic E-state index is 13.6. The lowest BCUT2D eigenvalue weighted by Crippen LogP contribution is -2.57. The largest absolute Gasteiger partial charge is 0.484 e. The maximum Gasteiger partial charge on any atom is 0.320 e. The van der Waals surface area contributed by atoms with Crippen LogP contribution in [0.25, 0.3) is 0 Å². The number of carboxylic acids is 1. The number of carbonyl (C=O) groups is 4. The van der Waals surface area contributed by atoms with E-state index in [1.807, 2.05) is 0 Å². The zero-order valence-corrected chi connectivity index (χ0v) is 26.1. The number of aliphatic carboxylic acids is 1. The molecular formula is C33H36F2N4O7S. The van der Waals surface area contributed by atoms with Crippen molar-refractivity contribution in [3.05, 3.63) is 95.6 Å². The van der Waals surface area contributed by atoms with Crippen LogP contribution >= 0.6 is 11.8 Å². The summed E-state index contributed by atoms with van der Waals surface area (Å²) in [4.78, 5) is 49.7. The molecule has 1 fully saturated rings. The molecule has 1 heterocycles. The van der Waals surface area contributed by atoms with Crippen LogP contribution in [0, 0.1) is 11.6 Å². The molecule has 4 atom stereocenters. The predicted octanol–water partition coefficient (Wildman–Crippen LogP) is 3.08. The molecule has 1 saturated heterocycles. The van der Waals surface area contributed by atoms with Crippen molar-refractivity contribution in [3.8, 4) is 5.75 Å². The Morgan fingerprint density at radius 1 is 0.915 bits per heavy atom. The van der Waals surface area contributed by atoms with Crippen LogP contribution in [0.5, 0.6) is 5.75 Å². The van der Waals surface area contributed by atoms with Gasteiger partial charge in [0, 0.05) is 18.0 Å². The van der Waals surface area contributed by atoms with Gasteiger partial charge in [-0.2, -0.15) is 0 Å². The normalized spacial score (nSPS) is 16.9. The van der Waals surface area contributed by atoms with E-state index in [9.17, 15) is 33.1 Å². The van der Waals surface area contributed by atoms with Crippen LogP contribution in [0.15, 0.2) is 72.8 Å². The molecule has 3 amide bonds. The van der Waals surface area contributed by atoms with E-state index in [0.717, 1.165) is 5.56 Å². The van der Waals surface area contributed by atoms with E-state index in [0.29, 0.717) is 42.8 Å². The molecule has 250 valence electrons. The first-order valence-corrected chi connectivity index (χ1v) is 16.0. The van der Waals surface area contributed by atoms with Crippen molar-refractivity contribution in [2.75, 3.05) is 30.3 Å². The quantitative estimate of drug-likeness (QED) is 0.107. The summed E-state index contributed by atoms with van der Waals surface area (Å²) in [6, 6.07) is 16.5. The number of nitrogens with zero attached hydrogens (tertiary/aromatic N) is 1. The van der Waals surface area contributed by atoms with Gasteiger partial charge >= 0.3 is 5.97 Å². The van der Waals surface area contributed by atoms with Gasteiger partial charge in [0.25, 0.3) is 5.91 Å². The number of hydrogen-bond donors (Lipinski definition) is 5. The van der Waals surface area contributed by atoms with Gasteiger partial charge < -0.3 is 36.2 Å². The topological polar surface area (TPSA) is 171 Å². The minimum Gasteiger partial charge on any atom is -0.484 e. The molecule has 11 nitrogen and oxygen atoms in total. The van der Waals surface area contributed by atoms with E-state index in [-0.39, 0.29) is 24.8 Å². The molecule has 0 aromatic heterocycles. The molecule has 0 unspecified atom stereocenters. The van der Waals surface area contributed by atoms with Crippen LogP contribution in [-0.2, 0) is 19.2 Å². The molecule has 0 bridgehead atoms. The van der Waals surface area contributed by atoms with Crippen LogP contribution in [0.1, 0.15) is 42.5 Å². The highest BCUT2D eigenvalue weighted by Gasteiger charge is 2.49. The average molecular weight is 671 g/mol. The molecule has 14 heteroatoms. The van der Waals surface area contributed by atoms with Gasteiger partial charge in [0.05, 0.1) is 18.7 Å². The number of ether oxygens (including phenoxy) is 1. The molecule has 0 aliphatic carbocycles. The molecular weight excluding hydrogens is 634 g/mol. The Labute approximate surface area is 274 Å². The molecule has 0 radical (unpaired) electrons. The minimum absolute atomic E-state index is 0.186. The zero-order valence-electron chi connectivity index (χ0n) is 25.3. The van der Waals surface area contributed by atoms with Gasteiger partial charge in [0.1, 0.15) is 28.7 Å². The van der Waals surface area contributed by atoms with Crippen LogP contribution in [0.2, 0.25) is 0 Å². The Morgan fingerprint density at radius 2 is 1.55 bits per heavy atom. The third kappa shape index (κ3) is 9.98. The number of unbranched alkanes of at least 4 members (excludes halogenated alkanes) is 1. The van der Waals surface area contributed by atoms with Gasteiger partial charge in [-0.25, -0.2) is 8.78 Å². The van der Waals surface area contributed by atoms with Gasteiger partial charge in [-0.05, 0) is 78.9 Å². The van der Waals surface area contributed by atoms with E-state index >= 15 is 0 Å². The maximum absolute atomic E-state index is 13.6. The number of carboxylic acid groups (broad SMARTS) is 1. The van der Waals surface area contributed by atoms with Gasteiger partial charge in [0.2, 0.25) is 11.8 Å². The fourth-order valence-corrected chi connectivity index (χ4v) is 6.16. The zero-order chi connectivity index (χ0) is 33.9. The number of nitrogens with one attached hydrogen (secondary N) is 2. The van der Waals surface area contributed by atoms with E-state index in [1.54, 1.807) is 29.2 Å². The molecule has 0 spiro atoms. The number of carbonyl (C=O) groups excluding carboxylic acids is 3. The Morgan fingerprint density at radius 3 is 2.19 bits per heavy atom. The minimum atomic E-state index is -1.07. The summed E-state index contributed by atoms with van der Waals surface area (Å²) in [5.74, 6) is -2.48. The highest BCUT2D eigenvalue weighted by Crippen LogP contribution is 2.46. The monoisotopic (exact) mass is 670 g/mol. The standard InChI is InChI=1S/C33H36F2N4O7S/c34-22-8-4-20(5-9-22)27(40)19-47-31-30(39(32(31)43)24-12-10-23(35)11-13-24)21-6-14-25(15-7-21)46-18-29(42)38-17-28(41)37-16-2-1-3-26(36)33(44)45/h4-15,26-27,30-31,40H,1-3,16-19,36H2,(H,37,41)(H,38,42)(H,44,45)/t26-,27-,30-,31-/m1/s1.